The fourth-order valence-electron chi connectivity index (χ4n) is 0.696. The summed E-state index contributed by atoms with van der Waals surface area (Å²) in [6, 6.07) is 8.68. The van der Waals surface area contributed by atoms with Gasteiger partial charge in [0, 0.05) is 5.56 Å². The van der Waals surface area contributed by atoms with Crippen LogP contribution in [0.4, 0.5) is 8.78 Å². The van der Waals surface area contributed by atoms with Crippen molar-refractivity contribution in [2.45, 2.75) is 0 Å². The number of hydrogen-bond donors (Lipinski definition) is 0. The van der Waals surface area contributed by atoms with E-state index in [-0.39, 0.29) is 0 Å². The summed E-state index contributed by atoms with van der Waals surface area (Å²) in [4.78, 5) is 0. The molecule has 66 valence electrons. The summed E-state index contributed by atoms with van der Waals surface area (Å²) in [5.41, 5.74) is 0.607. The van der Waals surface area contributed by atoms with E-state index in [1.54, 1.807) is 30.3 Å². The Morgan fingerprint density at radius 1 is 1.15 bits per heavy atom. The number of hydrogen-bond acceptors (Lipinski definition) is 0. The van der Waals surface area contributed by atoms with Crippen molar-refractivity contribution in [3.05, 3.63) is 47.0 Å². The van der Waals surface area contributed by atoms with Crippen molar-refractivity contribution in [2.75, 3.05) is 0 Å². The van der Waals surface area contributed by atoms with Crippen molar-refractivity contribution in [1.82, 2.24) is 0 Å². The van der Waals surface area contributed by atoms with Crippen LogP contribution in [0.15, 0.2) is 41.4 Å². The third kappa shape index (κ3) is 3.27. The molecule has 0 radical (unpaired) electrons. The van der Waals surface area contributed by atoms with Gasteiger partial charge in [-0.2, -0.15) is 8.78 Å². The van der Waals surface area contributed by atoms with Gasteiger partial charge in [-0.05, 0) is 29.7 Å². The average molecular weight is 199 g/mol. The molecule has 1 aromatic rings. The second-order valence-electron chi connectivity index (χ2n) is 2.19. The first-order chi connectivity index (χ1) is 6.20. The SMILES string of the molecule is FC(Cl)=C(F)C#Cc1ccccc1. The van der Waals surface area contributed by atoms with E-state index in [9.17, 15) is 8.78 Å². The highest BCUT2D eigenvalue weighted by atomic mass is 35.5. The van der Waals surface area contributed by atoms with Crippen LogP contribution in [0.3, 0.4) is 0 Å². The van der Waals surface area contributed by atoms with E-state index in [0.29, 0.717) is 5.56 Å². The molecule has 0 amide bonds. The Morgan fingerprint density at radius 2 is 1.77 bits per heavy atom. The first-order valence-corrected chi connectivity index (χ1v) is 3.86. The van der Waals surface area contributed by atoms with E-state index < -0.39 is 11.1 Å². The van der Waals surface area contributed by atoms with Crippen molar-refractivity contribution in [2.24, 2.45) is 0 Å². The van der Waals surface area contributed by atoms with Gasteiger partial charge in [-0.15, -0.1) is 0 Å². The summed E-state index contributed by atoms with van der Waals surface area (Å²) in [5, 5.41) is -1.41. The monoisotopic (exact) mass is 198 g/mol. The maximum absolute atomic E-state index is 12.4. The van der Waals surface area contributed by atoms with Crippen LogP contribution >= 0.6 is 11.6 Å². The van der Waals surface area contributed by atoms with Crippen molar-refractivity contribution in [3.63, 3.8) is 0 Å². The smallest absolute Gasteiger partial charge is 0.193 e. The summed E-state index contributed by atoms with van der Waals surface area (Å²) in [6.07, 6.45) is 0. The third-order valence-electron chi connectivity index (χ3n) is 1.26. The summed E-state index contributed by atoms with van der Waals surface area (Å²) < 4.78 is 24.4. The minimum absolute atomic E-state index is 0.607. The van der Waals surface area contributed by atoms with Gasteiger partial charge >= 0.3 is 0 Å². The number of allylic oxidation sites excluding steroid dienone is 1. The molecule has 0 heterocycles. The van der Waals surface area contributed by atoms with Crippen LogP contribution in [-0.4, -0.2) is 0 Å². The molecule has 0 spiro atoms. The molecule has 0 atom stereocenters. The molecule has 0 nitrogen and oxygen atoms in total. The third-order valence-corrected chi connectivity index (χ3v) is 1.42. The van der Waals surface area contributed by atoms with Gasteiger partial charge in [0.15, 0.2) is 0 Å². The lowest BCUT2D eigenvalue weighted by molar-refractivity contribution is 0.596. The molecule has 0 unspecified atom stereocenters. The zero-order valence-corrected chi connectivity index (χ0v) is 7.28. The van der Waals surface area contributed by atoms with Crippen molar-refractivity contribution in [1.29, 1.82) is 0 Å². The molecule has 3 heteroatoms. The summed E-state index contributed by atoms with van der Waals surface area (Å²) in [5.74, 6) is 3.13. The van der Waals surface area contributed by atoms with E-state index >= 15 is 0 Å². The largest absolute Gasteiger partial charge is 0.233 e. The first-order valence-electron chi connectivity index (χ1n) is 3.48. The van der Waals surface area contributed by atoms with Crippen LogP contribution in [0.1, 0.15) is 5.56 Å². The van der Waals surface area contributed by atoms with E-state index in [2.05, 4.69) is 5.92 Å². The Hall–Kier alpha value is -1.33. The molecule has 0 N–H and O–H groups in total. The molecular formula is C10H5ClF2. The number of rotatable bonds is 0. The van der Waals surface area contributed by atoms with E-state index in [0.717, 1.165) is 0 Å². The van der Waals surface area contributed by atoms with Gasteiger partial charge in [0.2, 0.25) is 11.1 Å². The molecule has 1 rings (SSSR count). The van der Waals surface area contributed by atoms with Crippen molar-refractivity contribution in [3.8, 4) is 11.8 Å². The predicted molar refractivity (Wildman–Crippen MR) is 48.4 cm³/mol. The maximum Gasteiger partial charge on any atom is 0.233 e. The Labute approximate surface area is 79.8 Å². The van der Waals surface area contributed by atoms with Gasteiger partial charge in [0.25, 0.3) is 0 Å². The van der Waals surface area contributed by atoms with Crippen LogP contribution in [-0.2, 0) is 0 Å². The molecular weight excluding hydrogens is 194 g/mol. The fraction of sp³-hybridized carbons (Fsp3) is 0. The Balaban J connectivity index is 2.86. The van der Waals surface area contributed by atoms with Gasteiger partial charge < -0.3 is 0 Å². The number of benzene rings is 1. The molecule has 0 aliphatic heterocycles. The molecule has 1 aromatic carbocycles. The van der Waals surface area contributed by atoms with Crippen molar-refractivity contribution >= 4 is 11.6 Å². The molecule has 0 aliphatic carbocycles. The standard InChI is InChI=1S/C10H5ClF2/c11-10(13)9(12)7-6-8-4-2-1-3-5-8/h1-5H. The van der Waals surface area contributed by atoms with Crippen LogP contribution in [0.5, 0.6) is 0 Å². The van der Waals surface area contributed by atoms with Gasteiger partial charge in [0.05, 0.1) is 0 Å². The topological polar surface area (TPSA) is 0 Å². The Kier molecular flexibility index (Phi) is 3.48. The lowest BCUT2D eigenvalue weighted by atomic mass is 10.2. The van der Waals surface area contributed by atoms with Gasteiger partial charge in [-0.3, -0.25) is 0 Å². The zero-order valence-electron chi connectivity index (χ0n) is 6.52. The van der Waals surface area contributed by atoms with E-state index in [1.807, 2.05) is 5.92 Å². The van der Waals surface area contributed by atoms with E-state index in [1.165, 1.54) is 0 Å². The molecule has 0 saturated carbocycles. The normalized spacial score (nSPS) is 11.3. The molecule has 13 heavy (non-hydrogen) atoms. The van der Waals surface area contributed by atoms with Crippen LogP contribution in [0.25, 0.3) is 0 Å². The minimum atomic E-state index is -1.41. The average Bonchev–Trinajstić information content (AvgIpc) is 2.15. The highest BCUT2D eigenvalue weighted by Gasteiger charge is 1.96. The molecule has 0 saturated heterocycles. The summed E-state index contributed by atoms with van der Waals surface area (Å²) in [6.45, 7) is 0. The molecule has 0 bridgehead atoms. The molecule has 0 fully saturated rings. The van der Waals surface area contributed by atoms with Crippen molar-refractivity contribution < 1.29 is 8.78 Å². The highest BCUT2D eigenvalue weighted by molar-refractivity contribution is 6.28. The minimum Gasteiger partial charge on any atom is -0.193 e. The van der Waals surface area contributed by atoms with Crippen LogP contribution in [0.2, 0.25) is 0 Å². The van der Waals surface area contributed by atoms with Gasteiger partial charge in [-0.1, -0.05) is 24.1 Å². The predicted octanol–water partition coefficient (Wildman–Crippen LogP) is 3.39. The van der Waals surface area contributed by atoms with Gasteiger partial charge in [0.1, 0.15) is 0 Å². The zero-order chi connectivity index (χ0) is 9.68. The quantitative estimate of drug-likeness (QED) is 0.561. The maximum atomic E-state index is 12.4. The molecule has 0 aliphatic rings. The van der Waals surface area contributed by atoms with Crippen LogP contribution in [0, 0.1) is 11.8 Å². The highest BCUT2D eigenvalue weighted by Crippen LogP contribution is 2.10. The molecule has 0 aromatic heterocycles. The van der Waals surface area contributed by atoms with Crippen LogP contribution < -0.4 is 0 Å². The van der Waals surface area contributed by atoms with E-state index in [4.69, 9.17) is 11.6 Å². The first kappa shape index (κ1) is 9.76. The second-order valence-corrected chi connectivity index (χ2v) is 2.52. The fourth-order valence-corrected chi connectivity index (χ4v) is 0.743. The second kappa shape index (κ2) is 4.64. The lowest BCUT2D eigenvalue weighted by Crippen LogP contribution is -1.72. The summed E-state index contributed by atoms with van der Waals surface area (Å²) in [7, 11) is 0. The Morgan fingerprint density at radius 3 is 2.31 bits per heavy atom. The lowest BCUT2D eigenvalue weighted by Gasteiger charge is -1.85. The van der Waals surface area contributed by atoms with Gasteiger partial charge in [-0.25, -0.2) is 0 Å². The number of halogens is 3. The Bertz CT molecular complexity index is 367. The summed E-state index contributed by atoms with van der Waals surface area (Å²) >= 11 is 4.73.